The van der Waals surface area contributed by atoms with Crippen LogP contribution >= 0.6 is 23.2 Å². The zero-order chi connectivity index (χ0) is 17.9. The van der Waals surface area contributed by atoms with Crippen molar-refractivity contribution in [3.63, 3.8) is 0 Å². The second-order valence-electron chi connectivity index (χ2n) is 4.55. The highest BCUT2D eigenvalue weighted by molar-refractivity contribution is 7.95. The van der Waals surface area contributed by atoms with Crippen molar-refractivity contribution in [2.75, 3.05) is 0 Å². The van der Waals surface area contributed by atoms with Gasteiger partial charge in [0.25, 0.3) is 5.69 Å². The SMILES string of the molecule is N#C/C(=C\c1ccc(Cl)c([N+](=O)[O-])c1)S(=O)(=O)c1ccc(Cl)cc1. The Kier molecular flexibility index (Phi) is 5.24. The lowest BCUT2D eigenvalue weighted by molar-refractivity contribution is -0.384. The van der Waals surface area contributed by atoms with Crippen molar-refractivity contribution in [1.29, 1.82) is 5.26 Å². The highest BCUT2D eigenvalue weighted by Crippen LogP contribution is 2.28. The minimum absolute atomic E-state index is 0.0868. The highest BCUT2D eigenvalue weighted by atomic mass is 35.5. The van der Waals surface area contributed by atoms with E-state index in [1.807, 2.05) is 0 Å². The van der Waals surface area contributed by atoms with Gasteiger partial charge in [-0.25, -0.2) is 8.42 Å². The number of allylic oxidation sites excluding steroid dienone is 1. The van der Waals surface area contributed by atoms with Crippen LogP contribution in [0, 0.1) is 21.4 Å². The number of nitro benzene ring substituents is 1. The Morgan fingerprint density at radius 1 is 1.17 bits per heavy atom. The molecule has 0 saturated heterocycles. The summed E-state index contributed by atoms with van der Waals surface area (Å²) in [5.41, 5.74) is -0.216. The van der Waals surface area contributed by atoms with Crippen molar-refractivity contribution in [3.05, 3.63) is 73.1 Å². The number of benzene rings is 2. The first-order valence-electron chi connectivity index (χ1n) is 6.32. The molecule has 0 amide bonds. The molecule has 2 rings (SSSR count). The van der Waals surface area contributed by atoms with E-state index in [1.54, 1.807) is 6.07 Å². The third-order valence-corrected chi connectivity index (χ3v) is 5.24. The molecule has 0 radical (unpaired) electrons. The summed E-state index contributed by atoms with van der Waals surface area (Å²) >= 11 is 11.4. The lowest BCUT2D eigenvalue weighted by atomic mass is 10.2. The van der Waals surface area contributed by atoms with E-state index in [0.29, 0.717) is 5.02 Å². The van der Waals surface area contributed by atoms with E-state index in [1.165, 1.54) is 36.4 Å². The van der Waals surface area contributed by atoms with Gasteiger partial charge >= 0.3 is 0 Å². The van der Waals surface area contributed by atoms with E-state index in [2.05, 4.69) is 0 Å². The fourth-order valence-electron chi connectivity index (χ4n) is 1.82. The Labute approximate surface area is 147 Å². The molecule has 9 heteroatoms. The molecule has 122 valence electrons. The van der Waals surface area contributed by atoms with Crippen LogP contribution in [0.15, 0.2) is 52.3 Å². The molecule has 0 aliphatic carbocycles. The summed E-state index contributed by atoms with van der Waals surface area (Å²) in [4.78, 5) is 9.53. The second-order valence-corrected chi connectivity index (χ2v) is 7.31. The highest BCUT2D eigenvalue weighted by Gasteiger charge is 2.21. The number of halogens is 2. The van der Waals surface area contributed by atoms with Crippen molar-refractivity contribution in [2.45, 2.75) is 4.90 Å². The van der Waals surface area contributed by atoms with Gasteiger partial charge in [-0.15, -0.1) is 0 Å². The van der Waals surface area contributed by atoms with Gasteiger partial charge in [-0.3, -0.25) is 10.1 Å². The molecule has 0 spiro atoms. The quantitative estimate of drug-likeness (QED) is 0.447. The van der Waals surface area contributed by atoms with Crippen molar-refractivity contribution in [1.82, 2.24) is 0 Å². The van der Waals surface area contributed by atoms with Crippen LogP contribution in [-0.4, -0.2) is 13.3 Å². The molecule has 0 unspecified atom stereocenters. The molecule has 2 aromatic rings. The molecule has 0 heterocycles. The van der Waals surface area contributed by atoms with Gasteiger partial charge in [0.05, 0.1) is 9.82 Å². The normalized spacial score (nSPS) is 11.8. The van der Waals surface area contributed by atoms with Crippen LogP contribution in [0.5, 0.6) is 0 Å². The van der Waals surface area contributed by atoms with Gasteiger partial charge < -0.3 is 0 Å². The number of hydrogen-bond acceptors (Lipinski definition) is 5. The standard InChI is InChI=1S/C15H8Cl2N2O4S/c16-11-2-4-12(5-3-11)24(22,23)13(9-18)7-10-1-6-14(17)15(8-10)19(20)21/h1-8H/b13-7+. The lowest BCUT2D eigenvalue weighted by Gasteiger charge is -2.04. The summed E-state index contributed by atoms with van der Waals surface area (Å²) in [6, 6.07) is 10.7. The van der Waals surface area contributed by atoms with Crippen LogP contribution in [0.25, 0.3) is 6.08 Å². The molecule has 24 heavy (non-hydrogen) atoms. The monoisotopic (exact) mass is 382 g/mol. The Morgan fingerprint density at radius 2 is 1.79 bits per heavy atom. The molecule has 0 aromatic heterocycles. The minimum Gasteiger partial charge on any atom is -0.258 e. The Hall–Kier alpha value is -2.40. The van der Waals surface area contributed by atoms with Crippen LogP contribution in [-0.2, 0) is 9.84 Å². The maximum Gasteiger partial charge on any atom is 0.288 e. The zero-order valence-corrected chi connectivity index (χ0v) is 14.1. The van der Waals surface area contributed by atoms with E-state index in [4.69, 9.17) is 23.2 Å². The first kappa shape index (κ1) is 17.9. The molecule has 2 aromatic carbocycles. The largest absolute Gasteiger partial charge is 0.288 e. The van der Waals surface area contributed by atoms with Crippen LogP contribution in [0.4, 0.5) is 5.69 Å². The maximum atomic E-state index is 12.5. The summed E-state index contributed by atoms with van der Waals surface area (Å²) < 4.78 is 24.9. The van der Waals surface area contributed by atoms with E-state index >= 15 is 0 Å². The smallest absolute Gasteiger partial charge is 0.258 e. The van der Waals surface area contributed by atoms with Gasteiger partial charge in [0.1, 0.15) is 16.0 Å². The number of sulfone groups is 1. The first-order chi connectivity index (χ1) is 11.3. The van der Waals surface area contributed by atoms with Gasteiger partial charge in [0.15, 0.2) is 0 Å². The summed E-state index contributed by atoms with van der Waals surface area (Å²) in [6.45, 7) is 0. The molecule has 0 bridgehead atoms. The van der Waals surface area contributed by atoms with Crippen molar-refractivity contribution >= 4 is 44.8 Å². The molecule has 0 atom stereocenters. The summed E-state index contributed by atoms with van der Waals surface area (Å²) in [7, 11) is -4.07. The minimum atomic E-state index is -4.07. The average molecular weight is 383 g/mol. The molecule has 0 fully saturated rings. The van der Waals surface area contributed by atoms with Crippen LogP contribution in [0.3, 0.4) is 0 Å². The molecule has 0 aliphatic rings. The molecule has 0 N–H and O–H groups in total. The van der Waals surface area contributed by atoms with Crippen molar-refractivity contribution in [2.24, 2.45) is 0 Å². The third kappa shape index (κ3) is 3.74. The Balaban J connectivity index is 2.54. The number of nitrogens with zero attached hydrogens (tertiary/aromatic N) is 2. The van der Waals surface area contributed by atoms with Gasteiger partial charge in [-0.1, -0.05) is 29.3 Å². The van der Waals surface area contributed by atoms with Crippen molar-refractivity contribution in [3.8, 4) is 6.07 Å². The molecular formula is C15H8Cl2N2O4S. The summed E-state index contributed by atoms with van der Waals surface area (Å²) in [5, 5.41) is 20.3. The molecular weight excluding hydrogens is 375 g/mol. The Bertz CT molecular complexity index is 978. The first-order valence-corrected chi connectivity index (χ1v) is 8.56. The molecule has 0 aliphatic heterocycles. The number of nitriles is 1. The van der Waals surface area contributed by atoms with Crippen LogP contribution in [0.1, 0.15) is 5.56 Å². The Morgan fingerprint density at radius 3 is 2.33 bits per heavy atom. The van der Waals surface area contributed by atoms with Gasteiger partial charge in [0, 0.05) is 11.1 Å². The van der Waals surface area contributed by atoms with Crippen molar-refractivity contribution < 1.29 is 13.3 Å². The van der Waals surface area contributed by atoms with E-state index in [-0.39, 0.29) is 21.2 Å². The van der Waals surface area contributed by atoms with Crippen LogP contribution < -0.4 is 0 Å². The fourth-order valence-corrected chi connectivity index (χ4v) is 3.29. The van der Waals surface area contributed by atoms with Gasteiger partial charge in [0.2, 0.25) is 9.84 Å². The number of rotatable bonds is 4. The molecule has 6 nitrogen and oxygen atoms in total. The summed E-state index contributed by atoms with van der Waals surface area (Å²) in [6.07, 6.45) is 1.05. The summed E-state index contributed by atoms with van der Waals surface area (Å²) in [5.74, 6) is 0. The van der Waals surface area contributed by atoms with E-state index < -0.39 is 19.7 Å². The molecule has 0 saturated carbocycles. The predicted molar refractivity (Wildman–Crippen MR) is 90.3 cm³/mol. The predicted octanol–water partition coefficient (Wildman–Crippen LogP) is 4.24. The fraction of sp³-hybridized carbons (Fsp3) is 0. The number of nitro groups is 1. The topological polar surface area (TPSA) is 101 Å². The maximum absolute atomic E-state index is 12.5. The van der Waals surface area contributed by atoms with Crippen LogP contribution in [0.2, 0.25) is 10.0 Å². The second kappa shape index (κ2) is 7.01. The third-order valence-electron chi connectivity index (χ3n) is 2.99. The van der Waals surface area contributed by atoms with Gasteiger partial charge in [-0.2, -0.15) is 5.26 Å². The zero-order valence-electron chi connectivity index (χ0n) is 11.8. The number of hydrogen-bond donors (Lipinski definition) is 0. The van der Waals surface area contributed by atoms with Gasteiger partial charge in [-0.05, 0) is 42.0 Å². The average Bonchev–Trinajstić information content (AvgIpc) is 2.54. The van der Waals surface area contributed by atoms with E-state index in [0.717, 1.165) is 12.1 Å². The van der Waals surface area contributed by atoms with E-state index in [9.17, 15) is 23.8 Å². The lowest BCUT2D eigenvalue weighted by Crippen LogP contribution is -2.03.